The SMILES string of the molecule is C/C(=N\O)c1nonc1N. The van der Waals surface area contributed by atoms with Crippen LogP contribution in [0.2, 0.25) is 0 Å². The van der Waals surface area contributed by atoms with Crippen molar-refractivity contribution in [2.24, 2.45) is 5.16 Å². The van der Waals surface area contributed by atoms with Crippen LogP contribution in [0.3, 0.4) is 0 Å². The molecule has 54 valence electrons. The monoisotopic (exact) mass is 142 g/mol. The largest absolute Gasteiger partial charge is 0.411 e. The van der Waals surface area contributed by atoms with Crippen LogP contribution in [-0.4, -0.2) is 21.2 Å². The summed E-state index contributed by atoms with van der Waals surface area (Å²) in [6.45, 7) is 1.54. The molecule has 0 spiro atoms. The number of hydrogen-bond acceptors (Lipinski definition) is 6. The summed E-state index contributed by atoms with van der Waals surface area (Å²) in [4.78, 5) is 0. The number of nitrogens with two attached hydrogens (primary N) is 1. The molecule has 3 N–H and O–H groups in total. The maximum Gasteiger partial charge on any atom is 0.197 e. The first-order valence-electron chi connectivity index (χ1n) is 2.52. The molecule has 1 heterocycles. The van der Waals surface area contributed by atoms with E-state index in [9.17, 15) is 0 Å². The molecule has 0 aliphatic carbocycles. The fraction of sp³-hybridized carbons (Fsp3) is 0.250. The number of rotatable bonds is 1. The minimum atomic E-state index is 0.121. The molecular weight excluding hydrogens is 136 g/mol. The highest BCUT2D eigenvalue weighted by molar-refractivity contribution is 5.99. The molecule has 1 aromatic heterocycles. The first-order chi connectivity index (χ1) is 4.75. The fourth-order valence-corrected chi connectivity index (χ4v) is 0.494. The average molecular weight is 142 g/mol. The standard InChI is InChI=1S/C4H6N4O2/c1-2(6-9)3-4(5)8-10-7-3/h9H,1H3,(H2,5,8)/b6-2+. The van der Waals surface area contributed by atoms with Crippen molar-refractivity contribution in [2.75, 3.05) is 5.73 Å². The van der Waals surface area contributed by atoms with Crippen molar-refractivity contribution in [3.63, 3.8) is 0 Å². The highest BCUT2D eigenvalue weighted by Gasteiger charge is 2.08. The summed E-state index contributed by atoms with van der Waals surface area (Å²) < 4.78 is 4.25. The molecule has 0 saturated heterocycles. The van der Waals surface area contributed by atoms with Crippen LogP contribution in [0.15, 0.2) is 9.78 Å². The van der Waals surface area contributed by atoms with Gasteiger partial charge in [-0.1, -0.05) is 5.16 Å². The number of nitrogen functional groups attached to an aromatic ring is 1. The predicted octanol–water partition coefficient (Wildman–Crippen LogP) is -0.150. The lowest BCUT2D eigenvalue weighted by atomic mass is 10.3. The van der Waals surface area contributed by atoms with Crippen LogP contribution in [0.4, 0.5) is 5.82 Å². The van der Waals surface area contributed by atoms with Crippen LogP contribution >= 0.6 is 0 Å². The van der Waals surface area contributed by atoms with Gasteiger partial charge in [-0.05, 0) is 17.2 Å². The van der Waals surface area contributed by atoms with Crippen molar-refractivity contribution in [1.29, 1.82) is 0 Å². The summed E-state index contributed by atoms with van der Waals surface area (Å²) >= 11 is 0. The first-order valence-corrected chi connectivity index (χ1v) is 2.52. The van der Waals surface area contributed by atoms with Crippen molar-refractivity contribution in [1.82, 2.24) is 10.3 Å². The van der Waals surface area contributed by atoms with Crippen molar-refractivity contribution in [3.05, 3.63) is 5.69 Å². The van der Waals surface area contributed by atoms with Gasteiger partial charge in [0.15, 0.2) is 11.5 Å². The Kier molecular flexibility index (Phi) is 1.53. The second kappa shape index (κ2) is 2.34. The summed E-state index contributed by atoms with van der Waals surface area (Å²) in [6, 6.07) is 0. The molecule has 0 aliphatic rings. The Bertz CT molecular complexity index is 254. The van der Waals surface area contributed by atoms with Crippen molar-refractivity contribution in [3.8, 4) is 0 Å². The molecule has 0 aromatic carbocycles. The van der Waals surface area contributed by atoms with Crippen LogP contribution in [0.5, 0.6) is 0 Å². The van der Waals surface area contributed by atoms with Gasteiger partial charge < -0.3 is 10.9 Å². The summed E-state index contributed by atoms with van der Waals surface area (Å²) in [5, 5.41) is 17.8. The van der Waals surface area contributed by atoms with E-state index in [1.54, 1.807) is 0 Å². The van der Waals surface area contributed by atoms with Crippen LogP contribution in [-0.2, 0) is 0 Å². The minimum Gasteiger partial charge on any atom is -0.411 e. The molecule has 6 nitrogen and oxygen atoms in total. The molecule has 1 aromatic rings. The minimum absolute atomic E-state index is 0.121. The number of nitrogens with zero attached hydrogens (tertiary/aromatic N) is 3. The molecule has 0 atom stereocenters. The third-order valence-corrected chi connectivity index (χ3v) is 1.01. The molecule has 0 bridgehead atoms. The van der Waals surface area contributed by atoms with Crippen molar-refractivity contribution < 1.29 is 9.84 Å². The fourth-order valence-electron chi connectivity index (χ4n) is 0.494. The van der Waals surface area contributed by atoms with Crippen molar-refractivity contribution >= 4 is 11.5 Å². The molecule has 0 amide bonds. The number of oxime groups is 1. The van der Waals surface area contributed by atoms with Crippen LogP contribution < -0.4 is 5.73 Å². The Balaban J connectivity index is 3.05. The van der Waals surface area contributed by atoms with E-state index in [-0.39, 0.29) is 17.2 Å². The lowest BCUT2D eigenvalue weighted by molar-refractivity contribution is 0.305. The van der Waals surface area contributed by atoms with E-state index in [0.717, 1.165) is 0 Å². The molecule has 10 heavy (non-hydrogen) atoms. The third-order valence-electron chi connectivity index (χ3n) is 1.01. The second-order valence-corrected chi connectivity index (χ2v) is 1.68. The summed E-state index contributed by atoms with van der Waals surface area (Å²) in [6.07, 6.45) is 0. The third kappa shape index (κ3) is 0.903. The topological polar surface area (TPSA) is 97.5 Å². The van der Waals surface area contributed by atoms with Gasteiger partial charge in [0.2, 0.25) is 0 Å². The molecule has 0 aliphatic heterocycles. The first kappa shape index (κ1) is 6.53. The average Bonchev–Trinajstić information content (AvgIpc) is 2.34. The van der Waals surface area contributed by atoms with Gasteiger partial charge in [0.05, 0.1) is 0 Å². The number of anilines is 1. The van der Waals surface area contributed by atoms with Crippen LogP contribution in [0.1, 0.15) is 12.6 Å². The van der Waals surface area contributed by atoms with E-state index in [2.05, 4.69) is 20.1 Å². The summed E-state index contributed by atoms with van der Waals surface area (Å²) in [5.74, 6) is 0.121. The Morgan fingerprint density at radius 2 is 2.40 bits per heavy atom. The van der Waals surface area contributed by atoms with E-state index >= 15 is 0 Å². The predicted molar refractivity (Wildman–Crippen MR) is 32.7 cm³/mol. The molecule has 1 rings (SSSR count). The smallest absolute Gasteiger partial charge is 0.197 e. The lowest BCUT2D eigenvalue weighted by Crippen LogP contribution is -1.99. The normalized spacial score (nSPS) is 11.9. The van der Waals surface area contributed by atoms with Gasteiger partial charge in [-0.3, -0.25) is 0 Å². The number of hydrogen-bond donors (Lipinski definition) is 2. The van der Waals surface area contributed by atoms with Crippen molar-refractivity contribution in [2.45, 2.75) is 6.92 Å². The molecule has 0 unspecified atom stereocenters. The Labute approximate surface area is 56.3 Å². The zero-order valence-electron chi connectivity index (χ0n) is 5.27. The molecular formula is C4H6N4O2. The van der Waals surface area contributed by atoms with E-state index in [1.165, 1.54) is 6.92 Å². The Morgan fingerprint density at radius 3 is 2.80 bits per heavy atom. The Morgan fingerprint density at radius 1 is 1.70 bits per heavy atom. The maximum atomic E-state index is 8.25. The second-order valence-electron chi connectivity index (χ2n) is 1.68. The number of aromatic nitrogens is 2. The zero-order chi connectivity index (χ0) is 7.56. The van der Waals surface area contributed by atoms with Crippen LogP contribution in [0, 0.1) is 0 Å². The van der Waals surface area contributed by atoms with Gasteiger partial charge in [-0.2, -0.15) is 0 Å². The van der Waals surface area contributed by atoms with E-state index in [1.807, 2.05) is 0 Å². The van der Waals surface area contributed by atoms with E-state index in [4.69, 9.17) is 10.9 Å². The van der Waals surface area contributed by atoms with Gasteiger partial charge in [-0.15, -0.1) is 0 Å². The quantitative estimate of drug-likeness (QED) is 0.323. The van der Waals surface area contributed by atoms with Gasteiger partial charge in [0, 0.05) is 0 Å². The van der Waals surface area contributed by atoms with Gasteiger partial charge in [-0.25, -0.2) is 4.63 Å². The molecule has 0 saturated carbocycles. The molecule has 0 radical (unpaired) electrons. The van der Waals surface area contributed by atoms with Crippen LogP contribution in [0.25, 0.3) is 0 Å². The summed E-state index contributed by atoms with van der Waals surface area (Å²) in [7, 11) is 0. The molecule has 6 heteroatoms. The van der Waals surface area contributed by atoms with Gasteiger partial charge >= 0.3 is 0 Å². The maximum absolute atomic E-state index is 8.25. The Hall–Kier alpha value is -1.59. The lowest BCUT2D eigenvalue weighted by Gasteiger charge is -1.87. The molecule has 0 fully saturated rings. The van der Waals surface area contributed by atoms with E-state index in [0.29, 0.717) is 0 Å². The van der Waals surface area contributed by atoms with E-state index < -0.39 is 0 Å². The zero-order valence-corrected chi connectivity index (χ0v) is 5.27. The van der Waals surface area contributed by atoms with Gasteiger partial charge in [0.25, 0.3) is 0 Å². The highest BCUT2D eigenvalue weighted by Crippen LogP contribution is 2.04. The summed E-state index contributed by atoms with van der Waals surface area (Å²) in [5.41, 5.74) is 5.80. The highest BCUT2D eigenvalue weighted by atomic mass is 16.6. The van der Waals surface area contributed by atoms with Gasteiger partial charge in [0.1, 0.15) is 5.71 Å².